The first kappa shape index (κ1) is 21.8. The number of amides is 1. The summed E-state index contributed by atoms with van der Waals surface area (Å²) in [5, 5.41) is 0. The molecule has 1 heterocycles. The smallest absolute Gasteiger partial charge is 0.340 e. The Bertz CT molecular complexity index is 1010. The summed E-state index contributed by atoms with van der Waals surface area (Å²) in [5.74, 6) is -1.11. The van der Waals surface area contributed by atoms with Crippen LogP contribution in [-0.2, 0) is 19.6 Å². The minimum Gasteiger partial charge on any atom is -0.452 e. The van der Waals surface area contributed by atoms with E-state index < -0.39 is 22.6 Å². The Morgan fingerprint density at radius 1 is 1.07 bits per heavy atom. The molecule has 0 aromatic heterocycles. The molecule has 3 rings (SSSR count). The highest BCUT2D eigenvalue weighted by Gasteiger charge is 2.29. The van der Waals surface area contributed by atoms with Gasteiger partial charge in [-0.15, -0.1) is 0 Å². The van der Waals surface area contributed by atoms with Gasteiger partial charge in [0.2, 0.25) is 0 Å². The Morgan fingerprint density at radius 3 is 2.43 bits per heavy atom. The number of esters is 1. The Kier molecular flexibility index (Phi) is 6.77. The van der Waals surface area contributed by atoms with Gasteiger partial charge >= 0.3 is 5.97 Å². The molecular weight excluding hydrogens is 404 g/mol. The van der Waals surface area contributed by atoms with E-state index in [4.69, 9.17) is 4.74 Å². The molecule has 1 amide bonds. The minimum absolute atomic E-state index is 0.0974. The van der Waals surface area contributed by atoms with Gasteiger partial charge in [-0.3, -0.25) is 9.10 Å². The van der Waals surface area contributed by atoms with Crippen LogP contribution in [0, 0.1) is 0 Å². The number of hydrogen-bond donors (Lipinski definition) is 0. The van der Waals surface area contributed by atoms with Crippen molar-refractivity contribution in [2.24, 2.45) is 0 Å². The number of benzene rings is 2. The third kappa shape index (κ3) is 4.64. The second kappa shape index (κ2) is 9.30. The number of hydrogen-bond acceptors (Lipinski definition) is 5. The van der Waals surface area contributed by atoms with Gasteiger partial charge in [0.15, 0.2) is 6.61 Å². The highest BCUT2D eigenvalue weighted by molar-refractivity contribution is 7.92. The molecule has 2 aromatic rings. The standard InChI is InChI=1S/C22H26N2O5S/c1-17-10-8-9-15-24(17)21(25)16-29-22(26)19-13-6-7-14-20(19)30(27,28)23(2)18-11-4-3-5-12-18/h3-7,11-14,17H,8-10,15-16H2,1-2H3. The summed E-state index contributed by atoms with van der Waals surface area (Å²) < 4.78 is 32.6. The lowest BCUT2D eigenvalue weighted by atomic mass is 10.0. The van der Waals surface area contributed by atoms with Crippen LogP contribution in [0.1, 0.15) is 36.5 Å². The fourth-order valence-electron chi connectivity index (χ4n) is 3.54. The molecule has 160 valence electrons. The predicted octanol–water partition coefficient (Wildman–Crippen LogP) is 3.07. The SMILES string of the molecule is CC1CCCCN1C(=O)COC(=O)c1ccccc1S(=O)(=O)N(C)c1ccccc1. The zero-order chi connectivity index (χ0) is 21.7. The first-order chi connectivity index (χ1) is 14.3. The molecule has 7 nitrogen and oxygen atoms in total. The summed E-state index contributed by atoms with van der Waals surface area (Å²) in [6.45, 7) is 2.20. The second-order valence-corrected chi connectivity index (χ2v) is 9.25. The van der Waals surface area contributed by atoms with Crippen molar-refractivity contribution in [1.29, 1.82) is 0 Å². The largest absolute Gasteiger partial charge is 0.452 e. The van der Waals surface area contributed by atoms with Crippen LogP contribution in [-0.4, -0.2) is 51.4 Å². The van der Waals surface area contributed by atoms with Crippen LogP contribution in [0.2, 0.25) is 0 Å². The highest BCUT2D eigenvalue weighted by atomic mass is 32.2. The number of anilines is 1. The van der Waals surface area contributed by atoms with E-state index in [2.05, 4.69) is 0 Å². The number of carbonyl (C=O) groups excluding carboxylic acids is 2. The van der Waals surface area contributed by atoms with Crippen molar-refractivity contribution in [2.45, 2.75) is 37.1 Å². The normalized spacial score (nSPS) is 16.7. The third-order valence-electron chi connectivity index (χ3n) is 5.32. The minimum atomic E-state index is -4.00. The molecule has 1 atom stereocenters. The second-order valence-electron chi connectivity index (χ2n) is 7.31. The average molecular weight is 431 g/mol. The van der Waals surface area contributed by atoms with Gasteiger partial charge in [0.05, 0.1) is 11.3 Å². The number of piperidine rings is 1. The van der Waals surface area contributed by atoms with Gasteiger partial charge in [0.25, 0.3) is 15.9 Å². The van der Waals surface area contributed by atoms with Crippen LogP contribution >= 0.6 is 0 Å². The number of rotatable bonds is 6. The van der Waals surface area contributed by atoms with Gasteiger partial charge in [-0.05, 0) is 50.5 Å². The van der Waals surface area contributed by atoms with Crippen molar-refractivity contribution in [2.75, 3.05) is 24.5 Å². The lowest BCUT2D eigenvalue weighted by molar-refractivity contribution is -0.137. The lowest BCUT2D eigenvalue weighted by Gasteiger charge is -2.33. The number of para-hydroxylation sites is 1. The quantitative estimate of drug-likeness (QED) is 0.658. The predicted molar refractivity (Wildman–Crippen MR) is 114 cm³/mol. The molecule has 0 radical (unpaired) electrons. The highest BCUT2D eigenvalue weighted by Crippen LogP contribution is 2.25. The fraction of sp³-hybridized carbons (Fsp3) is 0.364. The maximum Gasteiger partial charge on any atom is 0.340 e. The van der Waals surface area contributed by atoms with Crippen molar-refractivity contribution < 1.29 is 22.7 Å². The Hall–Kier alpha value is -2.87. The van der Waals surface area contributed by atoms with Crippen molar-refractivity contribution in [1.82, 2.24) is 4.90 Å². The maximum absolute atomic E-state index is 13.1. The number of carbonyl (C=O) groups is 2. The van der Waals surface area contributed by atoms with Crippen LogP contribution in [0.15, 0.2) is 59.5 Å². The summed E-state index contributed by atoms with van der Waals surface area (Å²) >= 11 is 0. The van der Waals surface area contributed by atoms with Crippen molar-refractivity contribution in [3.05, 3.63) is 60.2 Å². The summed E-state index contributed by atoms with van der Waals surface area (Å²) in [6, 6.07) is 14.5. The molecule has 8 heteroatoms. The molecule has 1 unspecified atom stereocenters. The van der Waals surface area contributed by atoms with E-state index in [1.165, 1.54) is 19.2 Å². The van der Waals surface area contributed by atoms with E-state index >= 15 is 0 Å². The van der Waals surface area contributed by atoms with Crippen LogP contribution in [0.25, 0.3) is 0 Å². The van der Waals surface area contributed by atoms with Crippen LogP contribution < -0.4 is 4.31 Å². The van der Waals surface area contributed by atoms with E-state index in [1.807, 2.05) is 6.92 Å². The average Bonchev–Trinajstić information content (AvgIpc) is 2.77. The number of nitrogens with zero attached hydrogens (tertiary/aromatic N) is 2. The topological polar surface area (TPSA) is 84.0 Å². The van der Waals surface area contributed by atoms with Crippen LogP contribution in [0.3, 0.4) is 0 Å². The molecule has 1 fully saturated rings. The van der Waals surface area contributed by atoms with Gasteiger partial charge in [0, 0.05) is 19.6 Å². The van der Waals surface area contributed by atoms with Gasteiger partial charge in [-0.2, -0.15) is 0 Å². The van der Waals surface area contributed by atoms with E-state index in [-0.39, 0.29) is 22.4 Å². The summed E-state index contributed by atoms with van der Waals surface area (Å²) in [7, 11) is -2.57. The Morgan fingerprint density at radius 2 is 1.73 bits per heavy atom. The summed E-state index contributed by atoms with van der Waals surface area (Å²) in [5.41, 5.74) is 0.370. The zero-order valence-electron chi connectivity index (χ0n) is 17.2. The number of sulfonamides is 1. The summed E-state index contributed by atoms with van der Waals surface area (Å²) in [4.78, 5) is 26.7. The van der Waals surface area contributed by atoms with Crippen LogP contribution in [0.4, 0.5) is 5.69 Å². The number of likely N-dealkylation sites (tertiary alicyclic amines) is 1. The van der Waals surface area contributed by atoms with E-state index in [0.717, 1.165) is 23.6 Å². The molecular formula is C22H26N2O5S. The molecule has 0 saturated carbocycles. The van der Waals surface area contributed by atoms with E-state index in [0.29, 0.717) is 12.2 Å². The third-order valence-corrected chi connectivity index (χ3v) is 7.16. The molecule has 2 aromatic carbocycles. The monoisotopic (exact) mass is 430 g/mol. The maximum atomic E-state index is 13.1. The molecule has 1 aliphatic rings. The fourth-order valence-corrected chi connectivity index (χ4v) is 4.92. The molecule has 0 N–H and O–H groups in total. The van der Waals surface area contributed by atoms with Gasteiger partial charge in [-0.1, -0.05) is 30.3 Å². The lowest BCUT2D eigenvalue weighted by Crippen LogP contribution is -2.44. The van der Waals surface area contributed by atoms with Gasteiger partial charge < -0.3 is 9.64 Å². The summed E-state index contributed by atoms with van der Waals surface area (Å²) in [6.07, 6.45) is 2.93. The van der Waals surface area contributed by atoms with Gasteiger partial charge in [-0.25, -0.2) is 13.2 Å². The number of ether oxygens (including phenoxy) is 1. The first-order valence-electron chi connectivity index (χ1n) is 9.92. The molecule has 1 saturated heterocycles. The van der Waals surface area contributed by atoms with E-state index in [9.17, 15) is 18.0 Å². The Balaban J connectivity index is 1.77. The molecule has 1 aliphatic heterocycles. The molecule has 0 bridgehead atoms. The molecule has 0 aliphatic carbocycles. The van der Waals surface area contributed by atoms with E-state index in [1.54, 1.807) is 47.4 Å². The van der Waals surface area contributed by atoms with Crippen molar-refractivity contribution >= 4 is 27.6 Å². The van der Waals surface area contributed by atoms with Gasteiger partial charge in [0.1, 0.15) is 4.90 Å². The van der Waals surface area contributed by atoms with Crippen molar-refractivity contribution in [3.8, 4) is 0 Å². The van der Waals surface area contributed by atoms with Crippen LogP contribution in [0.5, 0.6) is 0 Å². The first-order valence-corrected chi connectivity index (χ1v) is 11.4. The Labute approximate surface area is 177 Å². The van der Waals surface area contributed by atoms with Crippen molar-refractivity contribution in [3.63, 3.8) is 0 Å². The molecule has 30 heavy (non-hydrogen) atoms. The molecule has 0 spiro atoms. The zero-order valence-corrected chi connectivity index (χ0v) is 18.0.